The first-order chi connectivity index (χ1) is 12.6. The van der Waals surface area contributed by atoms with Crippen LogP contribution in [0.25, 0.3) is 11.3 Å². The third-order valence-electron chi connectivity index (χ3n) is 5.83. The number of aromatic nitrogens is 2. The molecule has 0 bridgehead atoms. The summed E-state index contributed by atoms with van der Waals surface area (Å²) < 4.78 is 1.60. The molecule has 4 heteroatoms. The molecule has 1 aliphatic carbocycles. The fraction of sp³-hybridized carbons (Fsp3) is 0.545. The van der Waals surface area contributed by atoms with E-state index >= 15 is 0 Å². The van der Waals surface area contributed by atoms with Crippen LogP contribution in [0.5, 0.6) is 0 Å². The van der Waals surface area contributed by atoms with Crippen LogP contribution in [0.3, 0.4) is 0 Å². The van der Waals surface area contributed by atoms with E-state index in [4.69, 9.17) is 0 Å². The predicted octanol–water partition coefficient (Wildman–Crippen LogP) is 3.52. The van der Waals surface area contributed by atoms with Crippen molar-refractivity contribution in [2.45, 2.75) is 58.5 Å². The van der Waals surface area contributed by atoms with Crippen LogP contribution in [0.2, 0.25) is 0 Å². The van der Waals surface area contributed by atoms with Gasteiger partial charge in [0.2, 0.25) is 0 Å². The van der Waals surface area contributed by atoms with Crippen LogP contribution < -0.4 is 5.56 Å². The normalized spacial score (nSPS) is 18.4. The van der Waals surface area contributed by atoms with Crippen LogP contribution >= 0.6 is 0 Å². The molecular formula is C22H29N3O. The summed E-state index contributed by atoms with van der Waals surface area (Å²) in [5, 5.41) is 4.61. The van der Waals surface area contributed by atoms with Crippen molar-refractivity contribution < 1.29 is 0 Å². The summed E-state index contributed by atoms with van der Waals surface area (Å²) in [5.41, 5.74) is 4.93. The molecule has 0 amide bonds. The first-order valence-electron chi connectivity index (χ1n) is 10.0. The van der Waals surface area contributed by atoms with Crippen LogP contribution in [0.15, 0.2) is 35.1 Å². The van der Waals surface area contributed by atoms with E-state index in [1.54, 1.807) is 10.7 Å². The Hall–Kier alpha value is -1.94. The summed E-state index contributed by atoms with van der Waals surface area (Å²) >= 11 is 0. The summed E-state index contributed by atoms with van der Waals surface area (Å²) in [6.45, 7) is 7.23. The number of rotatable bonds is 4. The highest BCUT2D eigenvalue weighted by molar-refractivity contribution is 5.60. The number of hydrogen-bond donors (Lipinski definition) is 0. The maximum absolute atomic E-state index is 12.0. The van der Waals surface area contributed by atoms with E-state index in [0.717, 1.165) is 30.1 Å². The van der Waals surface area contributed by atoms with Crippen molar-refractivity contribution in [3.8, 4) is 11.3 Å². The molecule has 2 aliphatic rings. The molecule has 1 fully saturated rings. The molecule has 1 saturated carbocycles. The Balaban J connectivity index is 1.58. The van der Waals surface area contributed by atoms with E-state index in [-0.39, 0.29) is 5.56 Å². The van der Waals surface area contributed by atoms with Gasteiger partial charge in [-0.05, 0) is 54.9 Å². The first kappa shape index (κ1) is 17.5. The minimum Gasteiger partial charge on any atom is -0.300 e. The minimum atomic E-state index is -0.0200. The largest absolute Gasteiger partial charge is 0.300 e. The van der Waals surface area contributed by atoms with Gasteiger partial charge in [0.1, 0.15) is 0 Å². The molecule has 1 aromatic carbocycles. The second kappa shape index (κ2) is 7.36. The fourth-order valence-corrected chi connectivity index (χ4v) is 4.10. The first-order valence-corrected chi connectivity index (χ1v) is 10.0. The molecule has 0 unspecified atom stereocenters. The van der Waals surface area contributed by atoms with Crippen LogP contribution in [-0.2, 0) is 19.4 Å². The van der Waals surface area contributed by atoms with Gasteiger partial charge in [0, 0.05) is 37.3 Å². The quantitative estimate of drug-likeness (QED) is 0.846. The van der Waals surface area contributed by atoms with Gasteiger partial charge in [-0.1, -0.05) is 32.4 Å². The average Bonchev–Trinajstić information content (AvgIpc) is 2.77. The third kappa shape index (κ3) is 3.61. The molecule has 0 saturated heterocycles. The molecule has 2 heterocycles. The SMILES string of the molecule is CC(C)Cn1nc(-c2ccc3c(c2)CCN(C2CCC2)CC3)ccc1=O. The van der Waals surface area contributed by atoms with E-state index in [1.165, 1.54) is 43.5 Å². The Morgan fingerprint density at radius 1 is 1.08 bits per heavy atom. The highest BCUT2D eigenvalue weighted by Crippen LogP contribution is 2.28. The van der Waals surface area contributed by atoms with Crippen molar-refractivity contribution in [1.29, 1.82) is 0 Å². The van der Waals surface area contributed by atoms with E-state index in [1.807, 2.05) is 6.07 Å². The fourth-order valence-electron chi connectivity index (χ4n) is 4.10. The maximum Gasteiger partial charge on any atom is 0.266 e. The van der Waals surface area contributed by atoms with Gasteiger partial charge in [-0.2, -0.15) is 5.10 Å². The summed E-state index contributed by atoms with van der Waals surface area (Å²) in [5.74, 6) is 0.403. The summed E-state index contributed by atoms with van der Waals surface area (Å²) in [6.07, 6.45) is 6.42. The van der Waals surface area contributed by atoms with Gasteiger partial charge < -0.3 is 0 Å². The number of benzene rings is 1. The second-order valence-corrected chi connectivity index (χ2v) is 8.24. The van der Waals surface area contributed by atoms with Crippen molar-refractivity contribution in [1.82, 2.24) is 14.7 Å². The van der Waals surface area contributed by atoms with Gasteiger partial charge in [-0.3, -0.25) is 9.69 Å². The van der Waals surface area contributed by atoms with E-state index in [9.17, 15) is 4.79 Å². The third-order valence-corrected chi connectivity index (χ3v) is 5.83. The smallest absolute Gasteiger partial charge is 0.266 e. The van der Waals surface area contributed by atoms with Crippen molar-refractivity contribution >= 4 is 0 Å². The zero-order chi connectivity index (χ0) is 18.1. The van der Waals surface area contributed by atoms with Crippen LogP contribution in [0.1, 0.15) is 44.2 Å². The van der Waals surface area contributed by atoms with E-state index < -0.39 is 0 Å². The van der Waals surface area contributed by atoms with Gasteiger partial charge >= 0.3 is 0 Å². The molecular weight excluding hydrogens is 322 g/mol. The Labute approximate surface area is 155 Å². The Bertz CT molecular complexity index is 836. The molecule has 4 rings (SSSR count). The van der Waals surface area contributed by atoms with Gasteiger partial charge in [0.05, 0.1) is 5.69 Å². The van der Waals surface area contributed by atoms with Crippen molar-refractivity contribution in [2.24, 2.45) is 5.92 Å². The lowest BCUT2D eigenvalue weighted by Crippen LogP contribution is -2.41. The average molecular weight is 351 g/mol. The lowest BCUT2D eigenvalue weighted by molar-refractivity contribution is 0.133. The van der Waals surface area contributed by atoms with E-state index in [2.05, 4.69) is 42.0 Å². The monoisotopic (exact) mass is 351 g/mol. The van der Waals surface area contributed by atoms with Gasteiger partial charge in [-0.15, -0.1) is 0 Å². The molecule has 0 atom stereocenters. The van der Waals surface area contributed by atoms with Gasteiger partial charge in [0.15, 0.2) is 0 Å². The Morgan fingerprint density at radius 2 is 1.85 bits per heavy atom. The van der Waals surface area contributed by atoms with Crippen LogP contribution in [-0.4, -0.2) is 33.8 Å². The lowest BCUT2D eigenvalue weighted by Gasteiger charge is -2.36. The van der Waals surface area contributed by atoms with Crippen LogP contribution in [0, 0.1) is 5.92 Å². The standard InChI is InChI=1S/C22H29N3O/c1-16(2)15-25-22(26)9-8-21(23-25)19-7-6-17-10-12-24(20-4-3-5-20)13-11-18(17)14-19/h6-9,14,16,20H,3-5,10-13,15H2,1-2H3. The molecule has 2 aromatic rings. The lowest BCUT2D eigenvalue weighted by atomic mass is 9.91. The maximum atomic E-state index is 12.0. The molecule has 4 nitrogen and oxygen atoms in total. The molecule has 138 valence electrons. The molecule has 0 radical (unpaired) electrons. The zero-order valence-electron chi connectivity index (χ0n) is 15.9. The topological polar surface area (TPSA) is 38.1 Å². The Kier molecular flexibility index (Phi) is 4.94. The van der Waals surface area contributed by atoms with Gasteiger partial charge in [0.25, 0.3) is 5.56 Å². The zero-order valence-corrected chi connectivity index (χ0v) is 15.9. The van der Waals surface area contributed by atoms with Crippen molar-refractivity contribution in [2.75, 3.05) is 13.1 Å². The number of nitrogens with zero attached hydrogens (tertiary/aromatic N) is 3. The second-order valence-electron chi connectivity index (χ2n) is 8.24. The highest BCUT2D eigenvalue weighted by atomic mass is 16.1. The molecule has 1 aliphatic heterocycles. The summed E-state index contributed by atoms with van der Waals surface area (Å²) in [6, 6.07) is 11.1. The van der Waals surface area contributed by atoms with Gasteiger partial charge in [-0.25, -0.2) is 4.68 Å². The predicted molar refractivity (Wildman–Crippen MR) is 105 cm³/mol. The van der Waals surface area contributed by atoms with Crippen molar-refractivity contribution in [3.63, 3.8) is 0 Å². The van der Waals surface area contributed by atoms with Crippen molar-refractivity contribution in [3.05, 3.63) is 51.8 Å². The molecule has 0 spiro atoms. The van der Waals surface area contributed by atoms with Crippen LogP contribution in [0.4, 0.5) is 0 Å². The van der Waals surface area contributed by atoms with E-state index in [0.29, 0.717) is 12.5 Å². The number of fused-ring (bicyclic) bond motifs is 1. The number of hydrogen-bond acceptors (Lipinski definition) is 3. The molecule has 26 heavy (non-hydrogen) atoms. The molecule has 0 N–H and O–H groups in total. The summed E-state index contributed by atoms with van der Waals surface area (Å²) in [4.78, 5) is 14.7. The minimum absolute atomic E-state index is 0.0200. The highest BCUT2D eigenvalue weighted by Gasteiger charge is 2.26. The Morgan fingerprint density at radius 3 is 2.54 bits per heavy atom. The summed E-state index contributed by atoms with van der Waals surface area (Å²) in [7, 11) is 0. The molecule has 1 aromatic heterocycles.